The van der Waals surface area contributed by atoms with Crippen LogP contribution in [0.25, 0.3) is 10.2 Å². The van der Waals surface area contributed by atoms with E-state index in [4.69, 9.17) is 0 Å². The zero-order chi connectivity index (χ0) is 19.9. The lowest BCUT2D eigenvalue weighted by Crippen LogP contribution is -2.52. The molecule has 1 N–H and O–H groups in total. The molecule has 0 aliphatic carbocycles. The molecule has 2 aromatic carbocycles. The van der Waals surface area contributed by atoms with Crippen LogP contribution in [0.2, 0.25) is 0 Å². The number of benzene rings is 2. The van der Waals surface area contributed by atoms with Gasteiger partial charge in [-0.15, -0.1) is 13.2 Å². The number of halogens is 4. The minimum absolute atomic E-state index is 0.0506. The molecule has 0 unspecified atom stereocenters. The fraction of sp³-hybridized carbons (Fsp3) is 0.222. The number of thiazole rings is 1. The van der Waals surface area contributed by atoms with Crippen LogP contribution in [0.1, 0.15) is 0 Å². The van der Waals surface area contributed by atoms with Crippen molar-refractivity contribution in [2.75, 3.05) is 23.3 Å². The Morgan fingerprint density at radius 1 is 1.18 bits per heavy atom. The van der Waals surface area contributed by atoms with Gasteiger partial charge in [-0.3, -0.25) is 4.79 Å². The van der Waals surface area contributed by atoms with Crippen LogP contribution in [0.15, 0.2) is 42.5 Å². The topological polar surface area (TPSA) is 54.5 Å². The number of carbonyl (C=O) groups is 1. The van der Waals surface area contributed by atoms with Gasteiger partial charge < -0.3 is 15.0 Å². The van der Waals surface area contributed by atoms with Crippen LogP contribution < -0.4 is 15.0 Å². The SMILES string of the molecule is O=C(Nc1ccccc1OC(F)(F)F)C1CN(c2nc3c(F)cccc3s2)C1. The van der Waals surface area contributed by atoms with Gasteiger partial charge in [0.1, 0.15) is 11.3 Å². The monoisotopic (exact) mass is 411 g/mol. The normalized spacial score (nSPS) is 14.8. The zero-order valence-electron chi connectivity index (χ0n) is 14.2. The summed E-state index contributed by atoms with van der Waals surface area (Å²) >= 11 is 1.32. The van der Waals surface area contributed by atoms with Gasteiger partial charge in [0, 0.05) is 13.1 Å². The predicted octanol–water partition coefficient (Wildman–Crippen LogP) is 4.41. The second kappa shape index (κ2) is 6.93. The smallest absolute Gasteiger partial charge is 0.404 e. The maximum atomic E-state index is 13.8. The molecule has 1 aromatic heterocycles. The molecule has 1 aliphatic rings. The standard InChI is InChI=1S/C18H13F4N3O2S/c19-11-4-3-7-14-15(11)24-17(28-14)25-8-10(9-25)16(26)23-12-5-1-2-6-13(12)27-18(20,21)22/h1-7,10H,8-9H2,(H,23,26). The highest BCUT2D eigenvalue weighted by molar-refractivity contribution is 7.22. The number of alkyl halides is 3. The van der Waals surface area contributed by atoms with Crippen LogP contribution in [-0.2, 0) is 4.79 Å². The number of fused-ring (bicyclic) bond motifs is 1. The Hall–Kier alpha value is -2.88. The third-order valence-corrected chi connectivity index (χ3v) is 5.33. The summed E-state index contributed by atoms with van der Waals surface area (Å²) in [5.41, 5.74) is 0.235. The van der Waals surface area contributed by atoms with Crippen LogP contribution in [-0.4, -0.2) is 30.3 Å². The maximum absolute atomic E-state index is 13.8. The van der Waals surface area contributed by atoms with Gasteiger partial charge in [0.15, 0.2) is 10.9 Å². The van der Waals surface area contributed by atoms with Gasteiger partial charge >= 0.3 is 6.36 Å². The Balaban J connectivity index is 1.41. The lowest BCUT2D eigenvalue weighted by molar-refractivity contribution is -0.274. The zero-order valence-corrected chi connectivity index (χ0v) is 15.0. The first-order chi connectivity index (χ1) is 13.3. The van der Waals surface area contributed by atoms with Crippen molar-refractivity contribution < 1.29 is 27.1 Å². The number of amides is 1. The van der Waals surface area contributed by atoms with E-state index in [0.717, 1.165) is 6.07 Å². The molecule has 0 spiro atoms. The number of nitrogens with one attached hydrogen (secondary N) is 1. The number of carbonyl (C=O) groups excluding carboxylic acids is 1. The summed E-state index contributed by atoms with van der Waals surface area (Å²) in [7, 11) is 0. The first kappa shape index (κ1) is 18.5. The summed E-state index contributed by atoms with van der Waals surface area (Å²) < 4.78 is 55.8. The van der Waals surface area contributed by atoms with E-state index in [0.29, 0.717) is 22.9 Å². The van der Waals surface area contributed by atoms with Gasteiger partial charge in [-0.25, -0.2) is 9.37 Å². The van der Waals surface area contributed by atoms with Gasteiger partial charge in [0.2, 0.25) is 5.91 Å². The molecule has 4 rings (SSSR count). The Morgan fingerprint density at radius 3 is 2.64 bits per heavy atom. The quantitative estimate of drug-likeness (QED) is 0.647. The third-order valence-electron chi connectivity index (χ3n) is 4.25. The van der Waals surface area contributed by atoms with Gasteiger partial charge in [0.25, 0.3) is 0 Å². The van der Waals surface area contributed by atoms with E-state index in [1.54, 1.807) is 12.1 Å². The molecule has 2 heterocycles. The summed E-state index contributed by atoms with van der Waals surface area (Å²) in [6, 6.07) is 10.1. The first-order valence-corrected chi connectivity index (χ1v) is 9.07. The molecule has 3 aromatic rings. The molecule has 1 fully saturated rings. The number of ether oxygens (including phenoxy) is 1. The van der Waals surface area contributed by atoms with Crippen molar-refractivity contribution in [3.05, 3.63) is 48.3 Å². The van der Waals surface area contributed by atoms with Crippen molar-refractivity contribution in [1.29, 1.82) is 0 Å². The third kappa shape index (κ3) is 3.72. The van der Waals surface area contributed by atoms with Crippen LogP contribution >= 0.6 is 11.3 Å². The Kier molecular flexibility index (Phi) is 4.58. The first-order valence-electron chi connectivity index (χ1n) is 8.26. The minimum Gasteiger partial charge on any atom is -0.404 e. The van der Waals surface area contributed by atoms with Crippen LogP contribution in [0.5, 0.6) is 5.75 Å². The maximum Gasteiger partial charge on any atom is 0.573 e. The van der Waals surface area contributed by atoms with E-state index < -0.39 is 29.8 Å². The van der Waals surface area contributed by atoms with Crippen molar-refractivity contribution in [2.45, 2.75) is 6.36 Å². The number of hydrogen-bond acceptors (Lipinski definition) is 5. The molecule has 0 bridgehead atoms. The van der Waals surface area contributed by atoms with Gasteiger partial charge in [-0.1, -0.05) is 29.5 Å². The second-order valence-electron chi connectivity index (χ2n) is 6.22. The fourth-order valence-corrected chi connectivity index (χ4v) is 3.86. The Bertz CT molecular complexity index is 1030. The molecular formula is C18H13F4N3O2S. The molecular weight excluding hydrogens is 398 g/mol. The molecule has 1 saturated heterocycles. The van der Waals surface area contributed by atoms with Gasteiger partial charge in [-0.2, -0.15) is 0 Å². The lowest BCUT2D eigenvalue weighted by atomic mass is 10.00. The van der Waals surface area contributed by atoms with Crippen molar-refractivity contribution in [3.63, 3.8) is 0 Å². The molecule has 5 nitrogen and oxygen atoms in total. The highest BCUT2D eigenvalue weighted by Gasteiger charge is 2.36. The van der Waals surface area contributed by atoms with Crippen molar-refractivity contribution in [2.24, 2.45) is 5.92 Å². The van der Waals surface area contributed by atoms with Crippen molar-refractivity contribution in [1.82, 2.24) is 4.98 Å². The lowest BCUT2D eigenvalue weighted by Gasteiger charge is -2.38. The molecule has 0 atom stereocenters. The molecule has 0 radical (unpaired) electrons. The minimum atomic E-state index is -4.85. The molecule has 1 amide bonds. The second-order valence-corrected chi connectivity index (χ2v) is 7.23. The summed E-state index contributed by atoms with van der Waals surface area (Å²) in [6.07, 6.45) is -4.85. The number of anilines is 2. The number of aromatic nitrogens is 1. The van der Waals surface area contributed by atoms with E-state index in [-0.39, 0.29) is 11.2 Å². The van der Waals surface area contributed by atoms with E-state index in [1.165, 1.54) is 35.6 Å². The van der Waals surface area contributed by atoms with E-state index in [2.05, 4.69) is 15.0 Å². The fourth-order valence-electron chi connectivity index (χ4n) is 2.86. The number of nitrogens with zero attached hydrogens (tertiary/aromatic N) is 2. The number of hydrogen-bond donors (Lipinski definition) is 1. The van der Waals surface area contributed by atoms with E-state index >= 15 is 0 Å². The van der Waals surface area contributed by atoms with Gasteiger partial charge in [0.05, 0.1) is 16.3 Å². The Labute approximate surface area is 160 Å². The molecule has 1 aliphatic heterocycles. The van der Waals surface area contributed by atoms with Gasteiger partial charge in [-0.05, 0) is 24.3 Å². The van der Waals surface area contributed by atoms with Crippen LogP contribution in [0.4, 0.5) is 28.4 Å². The van der Waals surface area contributed by atoms with Crippen LogP contribution in [0, 0.1) is 11.7 Å². The molecule has 0 saturated carbocycles. The number of rotatable bonds is 4. The van der Waals surface area contributed by atoms with Crippen molar-refractivity contribution in [3.8, 4) is 5.75 Å². The molecule has 146 valence electrons. The number of para-hydroxylation sites is 3. The summed E-state index contributed by atoms with van der Waals surface area (Å²) in [6.45, 7) is 0.686. The summed E-state index contributed by atoms with van der Waals surface area (Å²) in [5, 5.41) is 3.08. The predicted molar refractivity (Wildman–Crippen MR) is 97.0 cm³/mol. The summed E-state index contributed by atoms with van der Waals surface area (Å²) in [4.78, 5) is 18.4. The Morgan fingerprint density at radius 2 is 1.93 bits per heavy atom. The van der Waals surface area contributed by atoms with Crippen molar-refractivity contribution >= 4 is 38.3 Å². The summed E-state index contributed by atoms with van der Waals surface area (Å²) in [5.74, 6) is -1.71. The van der Waals surface area contributed by atoms with E-state index in [9.17, 15) is 22.4 Å². The average Bonchev–Trinajstić information content (AvgIpc) is 2.99. The molecule has 28 heavy (non-hydrogen) atoms. The highest BCUT2D eigenvalue weighted by atomic mass is 32.1. The average molecular weight is 411 g/mol. The molecule has 10 heteroatoms. The highest BCUT2D eigenvalue weighted by Crippen LogP contribution is 2.35. The van der Waals surface area contributed by atoms with E-state index in [1.807, 2.05) is 4.90 Å². The van der Waals surface area contributed by atoms with Crippen LogP contribution in [0.3, 0.4) is 0 Å². The largest absolute Gasteiger partial charge is 0.573 e.